The van der Waals surface area contributed by atoms with Crippen LogP contribution >= 0.6 is 23.2 Å². The highest BCUT2D eigenvalue weighted by Crippen LogP contribution is 2.34. The molecule has 2 atom stereocenters. The van der Waals surface area contributed by atoms with Gasteiger partial charge in [0, 0.05) is 5.02 Å². The van der Waals surface area contributed by atoms with Crippen molar-refractivity contribution in [1.82, 2.24) is 5.32 Å². The highest BCUT2D eigenvalue weighted by atomic mass is 35.5. The quantitative estimate of drug-likeness (QED) is 0.521. The summed E-state index contributed by atoms with van der Waals surface area (Å²) in [7, 11) is -2.19. The summed E-state index contributed by atoms with van der Waals surface area (Å²) in [6, 6.07) is 7.05. The number of halogens is 2. The highest BCUT2D eigenvalue weighted by molar-refractivity contribution is 7.92. The summed E-state index contributed by atoms with van der Waals surface area (Å²) in [5.74, 6) is 0.573. The van der Waals surface area contributed by atoms with Crippen LogP contribution in [-0.4, -0.2) is 33.7 Å². The molecule has 0 bridgehead atoms. The smallest absolute Gasteiger partial charge is 0.244 e. The molecule has 1 amide bonds. The van der Waals surface area contributed by atoms with Crippen LogP contribution in [0.5, 0.6) is 5.75 Å². The predicted molar refractivity (Wildman–Crippen MR) is 132 cm³/mol. The molecule has 0 fully saturated rings. The maximum Gasteiger partial charge on any atom is 0.244 e. The Hall–Kier alpha value is -1.96. The standard InChI is InChI=1S/C23H30Cl2N2O4S/c1-13(2)18-12-19(14(3)10-22(18)31-6)15(4)26-23(28)16(5)27(32(7,29)30)21-11-17(24)8-9-20(21)25/h8-13,15-16H,1-7H3,(H,26,28)/t15-,16-/m0/s1. The number of benzene rings is 2. The number of hydrogen-bond donors (Lipinski definition) is 1. The van der Waals surface area contributed by atoms with E-state index in [1.165, 1.54) is 19.1 Å². The van der Waals surface area contributed by atoms with Crippen molar-refractivity contribution >= 4 is 44.8 Å². The van der Waals surface area contributed by atoms with E-state index in [-0.39, 0.29) is 22.7 Å². The summed E-state index contributed by atoms with van der Waals surface area (Å²) < 4.78 is 31.6. The van der Waals surface area contributed by atoms with Crippen molar-refractivity contribution < 1.29 is 17.9 Å². The van der Waals surface area contributed by atoms with Gasteiger partial charge in [0.1, 0.15) is 11.8 Å². The first kappa shape index (κ1) is 26.3. The molecule has 0 aliphatic carbocycles. The number of rotatable bonds is 8. The van der Waals surface area contributed by atoms with E-state index in [4.69, 9.17) is 27.9 Å². The molecule has 0 radical (unpaired) electrons. The number of ether oxygens (including phenoxy) is 1. The Morgan fingerprint density at radius 2 is 1.69 bits per heavy atom. The second kappa shape index (κ2) is 10.3. The Bertz CT molecular complexity index is 1100. The van der Waals surface area contributed by atoms with E-state index in [0.29, 0.717) is 5.02 Å². The average Bonchev–Trinajstić information content (AvgIpc) is 2.68. The Morgan fingerprint density at radius 1 is 1.06 bits per heavy atom. The van der Waals surface area contributed by atoms with Crippen LogP contribution in [0.15, 0.2) is 30.3 Å². The summed E-state index contributed by atoms with van der Waals surface area (Å²) in [4.78, 5) is 13.1. The molecule has 0 heterocycles. The average molecular weight is 501 g/mol. The van der Waals surface area contributed by atoms with Crippen LogP contribution < -0.4 is 14.4 Å². The molecule has 32 heavy (non-hydrogen) atoms. The van der Waals surface area contributed by atoms with Gasteiger partial charge in [-0.2, -0.15) is 0 Å². The van der Waals surface area contributed by atoms with Crippen LogP contribution in [0, 0.1) is 6.92 Å². The Balaban J connectivity index is 2.38. The number of methoxy groups -OCH3 is 1. The van der Waals surface area contributed by atoms with Crippen LogP contribution in [-0.2, 0) is 14.8 Å². The van der Waals surface area contributed by atoms with Gasteiger partial charge in [-0.3, -0.25) is 9.10 Å². The fourth-order valence-electron chi connectivity index (χ4n) is 3.66. The lowest BCUT2D eigenvalue weighted by Crippen LogP contribution is -2.48. The molecule has 0 aliphatic rings. The highest BCUT2D eigenvalue weighted by Gasteiger charge is 2.31. The van der Waals surface area contributed by atoms with Crippen LogP contribution in [0.2, 0.25) is 10.0 Å². The van der Waals surface area contributed by atoms with Gasteiger partial charge >= 0.3 is 0 Å². The van der Waals surface area contributed by atoms with Gasteiger partial charge in [0.05, 0.1) is 30.1 Å². The van der Waals surface area contributed by atoms with Crippen molar-refractivity contribution in [1.29, 1.82) is 0 Å². The zero-order valence-corrected chi connectivity index (χ0v) is 21.7. The van der Waals surface area contributed by atoms with Gasteiger partial charge < -0.3 is 10.1 Å². The number of aryl methyl sites for hydroxylation is 1. The second-order valence-corrected chi connectivity index (χ2v) is 10.9. The van der Waals surface area contributed by atoms with Crippen molar-refractivity contribution in [3.63, 3.8) is 0 Å². The van der Waals surface area contributed by atoms with Crippen molar-refractivity contribution in [3.05, 3.63) is 57.1 Å². The number of sulfonamides is 1. The summed E-state index contributed by atoms with van der Waals surface area (Å²) in [6.45, 7) is 9.46. The minimum atomic E-state index is -3.82. The summed E-state index contributed by atoms with van der Waals surface area (Å²) in [6.07, 6.45) is 1.03. The van der Waals surface area contributed by atoms with Gasteiger partial charge in [-0.1, -0.05) is 37.0 Å². The molecule has 0 saturated heterocycles. The lowest BCUT2D eigenvalue weighted by atomic mass is 9.93. The van der Waals surface area contributed by atoms with Crippen molar-refractivity contribution in [2.75, 3.05) is 17.7 Å². The maximum absolute atomic E-state index is 13.1. The van der Waals surface area contributed by atoms with Crippen molar-refractivity contribution in [2.24, 2.45) is 0 Å². The number of nitrogens with zero attached hydrogens (tertiary/aromatic N) is 1. The third-order valence-corrected chi connectivity index (χ3v) is 7.08. The van der Waals surface area contributed by atoms with Gasteiger partial charge in [0.25, 0.3) is 0 Å². The fourth-order valence-corrected chi connectivity index (χ4v) is 5.26. The summed E-state index contributed by atoms with van der Waals surface area (Å²) in [5, 5.41) is 3.43. The molecule has 6 nitrogen and oxygen atoms in total. The van der Waals surface area contributed by atoms with Gasteiger partial charge in [-0.25, -0.2) is 8.42 Å². The Kier molecular flexibility index (Phi) is 8.48. The molecule has 0 spiro atoms. The van der Waals surface area contributed by atoms with E-state index in [2.05, 4.69) is 19.2 Å². The third kappa shape index (κ3) is 5.88. The molecule has 1 N–H and O–H groups in total. The van der Waals surface area contributed by atoms with Crippen LogP contribution in [0.3, 0.4) is 0 Å². The fraction of sp³-hybridized carbons (Fsp3) is 0.435. The molecule has 0 unspecified atom stereocenters. The van der Waals surface area contributed by atoms with Gasteiger partial charge in [0.2, 0.25) is 15.9 Å². The van der Waals surface area contributed by atoms with Crippen LogP contribution in [0.4, 0.5) is 5.69 Å². The topological polar surface area (TPSA) is 75.7 Å². The second-order valence-electron chi connectivity index (χ2n) is 8.17. The van der Waals surface area contributed by atoms with E-state index in [0.717, 1.165) is 33.0 Å². The predicted octanol–water partition coefficient (Wildman–Crippen LogP) is 5.47. The zero-order chi connectivity index (χ0) is 24.4. The summed E-state index contributed by atoms with van der Waals surface area (Å²) in [5.41, 5.74) is 3.08. The minimum Gasteiger partial charge on any atom is -0.496 e. The molecule has 2 aromatic carbocycles. The van der Waals surface area contributed by atoms with Crippen LogP contribution in [0.25, 0.3) is 0 Å². The molecular weight excluding hydrogens is 471 g/mol. The first-order chi connectivity index (χ1) is 14.8. The number of nitrogens with one attached hydrogen (secondary N) is 1. The summed E-state index contributed by atoms with van der Waals surface area (Å²) >= 11 is 12.3. The first-order valence-electron chi connectivity index (χ1n) is 10.2. The number of carbonyl (C=O) groups excluding carboxylic acids is 1. The van der Waals surface area contributed by atoms with E-state index < -0.39 is 22.0 Å². The van der Waals surface area contributed by atoms with Crippen molar-refractivity contribution in [3.8, 4) is 5.75 Å². The molecule has 2 rings (SSSR count). The van der Waals surface area contributed by atoms with E-state index in [9.17, 15) is 13.2 Å². The lowest BCUT2D eigenvalue weighted by molar-refractivity contribution is -0.122. The maximum atomic E-state index is 13.1. The monoisotopic (exact) mass is 500 g/mol. The SMILES string of the molecule is COc1cc(C)c([C@H](C)NC(=O)[C@H](C)N(c2cc(Cl)ccc2Cl)S(C)(=O)=O)cc1C(C)C. The molecule has 0 saturated carbocycles. The Morgan fingerprint density at radius 3 is 2.22 bits per heavy atom. The zero-order valence-electron chi connectivity index (χ0n) is 19.4. The van der Waals surface area contributed by atoms with E-state index >= 15 is 0 Å². The molecule has 0 aromatic heterocycles. The largest absolute Gasteiger partial charge is 0.496 e. The lowest BCUT2D eigenvalue weighted by Gasteiger charge is -2.30. The molecule has 176 valence electrons. The van der Waals surface area contributed by atoms with Gasteiger partial charge in [-0.15, -0.1) is 0 Å². The van der Waals surface area contributed by atoms with E-state index in [1.54, 1.807) is 13.2 Å². The number of anilines is 1. The number of hydrogen-bond acceptors (Lipinski definition) is 4. The van der Waals surface area contributed by atoms with E-state index in [1.807, 2.05) is 26.0 Å². The van der Waals surface area contributed by atoms with Gasteiger partial charge in [-0.05, 0) is 73.7 Å². The molecular formula is C23H30Cl2N2O4S. The van der Waals surface area contributed by atoms with Crippen molar-refractivity contribution in [2.45, 2.75) is 52.6 Å². The number of amides is 1. The molecule has 2 aromatic rings. The normalized spacial score (nSPS) is 13.6. The van der Waals surface area contributed by atoms with Gasteiger partial charge in [0.15, 0.2) is 0 Å². The van der Waals surface area contributed by atoms with Crippen LogP contribution in [0.1, 0.15) is 56.3 Å². The number of carbonyl (C=O) groups is 1. The minimum absolute atomic E-state index is 0.152. The molecule has 0 aliphatic heterocycles. The Labute approximate surface area is 200 Å². The molecule has 9 heteroatoms. The third-order valence-electron chi connectivity index (χ3n) is 5.30. The first-order valence-corrected chi connectivity index (χ1v) is 12.8.